The second-order valence-electron chi connectivity index (χ2n) is 7.36. The van der Waals surface area contributed by atoms with Gasteiger partial charge < -0.3 is 10.2 Å². The van der Waals surface area contributed by atoms with Gasteiger partial charge >= 0.3 is 0 Å². The maximum atomic E-state index is 12.4. The Bertz CT molecular complexity index is 579. The van der Waals surface area contributed by atoms with Gasteiger partial charge in [-0.1, -0.05) is 39.0 Å². The van der Waals surface area contributed by atoms with Crippen LogP contribution in [0.5, 0.6) is 0 Å². The monoisotopic (exact) mass is 352 g/mol. The number of carbonyl (C=O) groups is 2. The lowest BCUT2D eigenvalue weighted by Gasteiger charge is -2.35. The van der Waals surface area contributed by atoms with Gasteiger partial charge in [0.05, 0.1) is 0 Å². The summed E-state index contributed by atoms with van der Waals surface area (Å²) in [5.41, 5.74) is -0.0833. The zero-order valence-corrected chi connectivity index (χ0v) is 15.9. The van der Waals surface area contributed by atoms with Crippen molar-refractivity contribution < 1.29 is 9.59 Å². The van der Waals surface area contributed by atoms with E-state index in [1.165, 1.54) is 17.8 Å². The van der Waals surface area contributed by atoms with Crippen molar-refractivity contribution in [3.05, 3.63) is 5.01 Å². The number of hydrogen-bond acceptors (Lipinski definition) is 5. The third-order valence-corrected chi connectivity index (χ3v) is 5.56. The Labute approximate surface area is 148 Å². The van der Waals surface area contributed by atoms with Crippen LogP contribution in [0.1, 0.15) is 71.2 Å². The average Bonchev–Trinajstić information content (AvgIpc) is 3.01. The molecule has 2 heterocycles. The lowest BCUT2D eigenvalue weighted by atomic mass is 9.98. The normalized spacial score (nSPS) is 18.5. The summed E-state index contributed by atoms with van der Waals surface area (Å²) in [6.07, 6.45) is 4.77. The van der Waals surface area contributed by atoms with E-state index < -0.39 is 0 Å². The highest BCUT2D eigenvalue weighted by molar-refractivity contribution is 7.15. The molecule has 1 unspecified atom stereocenters. The van der Waals surface area contributed by atoms with Crippen molar-refractivity contribution in [3.8, 4) is 0 Å². The summed E-state index contributed by atoms with van der Waals surface area (Å²) in [6.45, 7) is 9.11. The molecular weight excluding hydrogens is 324 g/mol. The van der Waals surface area contributed by atoms with Crippen molar-refractivity contribution in [2.75, 3.05) is 11.9 Å². The molecule has 7 heteroatoms. The first-order chi connectivity index (χ1) is 11.3. The minimum atomic E-state index is -0.176. The molecule has 0 aromatic carbocycles. The number of amides is 2. The fourth-order valence-electron chi connectivity index (χ4n) is 2.88. The SMILES string of the molecule is CCC1CCCCN1C(=O)CCC(=O)Nc1nnc(C(C)(C)C)s1. The first kappa shape index (κ1) is 18.8. The number of carbonyl (C=O) groups excluding carboxylic acids is 2. The highest BCUT2D eigenvalue weighted by Gasteiger charge is 2.25. The van der Waals surface area contributed by atoms with Gasteiger partial charge in [-0.15, -0.1) is 10.2 Å². The fraction of sp³-hybridized carbons (Fsp3) is 0.765. The van der Waals surface area contributed by atoms with Crippen molar-refractivity contribution in [2.45, 2.75) is 77.7 Å². The van der Waals surface area contributed by atoms with Gasteiger partial charge in [-0.3, -0.25) is 9.59 Å². The van der Waals surface area contributed by atoms with E-state index in [2.05, 4.69) is 43.2 Å². The van der Waals surface area contributed by atoms with E-state index >= 15 is 0 Å². The number of aromatic nitrogens is 2. The molecule has 0 radical (unpaired) electrons. The highest BCUT2D eigenvalue weighted by atomic mass is 32.1. The molecule has 0 spiro atoms. The summed E-state index contributed by atoms with van der Waals surface area (Å²) in [7, 11) is 0. The van der Waals surface area contributed by atoms with Crippen LogP contribution >= 0.6 is 11.3 Å². The number of piperidine rings is 1. The molecule has 1 fully saturated rings. The van der Waals surface area contributed by atoms with Gasteiger partial charge in [-0.25, -0.2) is 0 Å². The van der Waals surface area contributed by atoms with Crippen LogP contribution in [0.15, 0.2) is 0 Å². The third-order valence-electron chi connectivity index (χ3n) is 4.30. The summed E-state index contributed by atoms with van der Waals surface area (Å²) in [4.78, 5) is 26.4. The molecule has 1 N–H and O–H groups in total. The smallest absolute Gasteiger partial charge is 0.226 e. The maximum Gasteiger partial charge on any atom is 0.226 e. The summed E-state index contributed by atoms with van der Waals surface area (Å²) >= 11 is 1.38. The fourth-order valence-corrected chi connectivity index (χ4v) is 3.69. The molecule has 1 atom stereocenters. The summed E-state index contributed by atoms with van der Waals surface area (Å²) in [5, 5.41) is 12.3. The first-order valence-corrected chi connectivity index (χ1v) is 9.56. The van der Waals surface area contributed by atoms with Crippen LogP contribution in [-0.4, -0.2) is 39.5 Å². The molecule has 134 valence electrons. The molecular formula is C17H28N4O2S. The van der Waals surface area contributed by atoms with E-state index in [1.807, 2.05) is 4.90 Å². The molecule has 2 amide bonds. The molecule has 0 bridgehead atoms. The topological polar surface area (TPSA) is 75.2 Å². The number of nitrogens with one attached hydrogen (secondary N) is 1. The minimum absolute atomic E-state index is 0.0833. The molecule has 0 saturated carbocycles. The van der Waals surface area contributed by atoms with Gasteiger partial charge in [-0.2, -0.15) is 0 Å². The molecule has 2 rings (SSSR count). The zero-order chi connectivity index (χ0) is 17.7. The predicted octanol–water partition coefficient (Wildman–Crippen LogP) is 3.35. The quantitative estimate of drug-likeness (QED) is 0.882. The van der Waals surface area contributed by atoms with E-state index in [0.717, 1.165) is 30.8 Å². The van der Waals surface area contributed by atoms with Crippen molar-refractivity contribution in [1.82, 2.24) is 15.1 Å². The number of likely N-dealkylation sites (tertiary alicyclic amines) is 1. The van der Waals surface area contributed by atoms with Crippen molar-refractivity contribution in [1.29, 1.82) is 0 Å². The third kappa shape index (κ3) is 5.00. The Morgan fingerprint density at radius 3 is 2.62 bits per heavy atom. The zero-order valence-electron chi connectivity index (χ0n) is 15.1. The van der Waals surface area contributed by atoms with Gasteiger partial charge in [0.25, 0.3) is 0 Å². The summed E-state index contributed by atoms with van der Waals surface area (Å²) in [5.74, 6) is -0.0886. The Morgan fingerprint density at radius 1 is 1.25 bits per heavy atom. The molecule has 24 heavy (non-hydrogen) atoms. The van der Waals surface area contributed by atoms with Crippen LogP contribution in [0.25, 0.3) is 0 Å². The number of hydrogen-bond donors (Lipinski definition) is 1. The van der Waals surface area contributed by atoms with Crippen LogP contribution in [0.3, 0.4) is 0 Å². The van der Waals surface area contributed by atoms with E-state index in [-0.39, 0.29) is 30.1 Å². The second kappa shape index (κ2) is 8.05. The van der Waals surface area contributed by atoms with Crippen LogP contribution in [0, 0.1) is 0 Å². The Balaban J connectivity index is 1.82. The van der Waals surface area contributed by atoms with Gasteiger partial charge in [-0.05, 0) is 25.7 Å². The Kier molecular flexibility index (Phi) is 6.32. The van der Waals surface area contributed by atoms with Gasteiger partial charge in [0.2, 0.25) is 16.9 Å². The first-order valence-electron chi connectivity index (χ1n) is 8.74. The van der Waals surface area contributed by atoms with Crippen molar-refractivity contribution in [2.24, 2.45) is 0 Å². The van der Waals surface area contributed by atoms with Gasteiger partial charge in [0.15, 0.2) is 0 Å². The van der Waals surface area contributed by atoms with E-state index in [1.54, 1.807) is 0 Å². The van der Waals surface area contributed by atoms with E-state index in [9.17, 15) is 9.59 Å². The molecule has 1 aliphatic rings. The Morgan fingerprint density at radius 2 is 2.00 bits per heavy atom. The number of rotatable bonds is 5. The number of nitrogens with zero attached hydrogens (tertiary/aromatic N) is 3. The van der Waals surface area contributed by atoms with Crippen LogP contribution in [-0.2, 0) is 15.0 Å². The Hall–Kier alpha value is -1.50. The molecule has 0 aliphatic carbocycles. The maximum absolute atomic E-state index is 12.4. The standard InChI is InChI=1S/C17H28N4O2S/c1-5-12-8-6-7-11-21(12)14(23)10-9-13(22)18-16-20-19-15(24-16)17(2,3)4/h12H,5-11H2,1-4H3,(H,18,20,22). The van der Waals surface area contributed by atoms with E-state index in [4.69, 9.17) is 0 Å². The predicted molar refractivity (Wildman–Crippen MR) is 96.1 cm³/mol. The van der Waals surface area contributed by atoms with Crippen LogP contribution in [0.2, 0.25) is 0 Å². The van der Waals surface area contributed by atoms with Crippen molar-refractivity contribution >= 4 is 28.3 Å². The molecule has 1 saturated heterocycles. The highest BCUT2D eigenvalue weighted by Crippen LogP contribution is 2.27. The summed E-state index contributed by atoms with van der Waals surface area (Å²) in [6, 6.07) is 0.340. The average molecular weight is 353 g/mol. The van der Waals surface area contributed by atoms with Crippen LogP contribution < -0.4 is 5.32 Å². The molecule has 1 aromatic rings. The van der Waals surface area contributed by atoms with Gasteiger partial charge in [0, 0.05) is 30.8 Å². The van der Waals surface area contributed by atoms with E-state index in [0.29, 0.717) is 11.2 Å². The largest absolute Gasteiger partial charge is 0.340 e. The van der Waals surface area contributed by atoms with Gasteiger partial charge in [0.1, 0.15) is 5.01 Å². The van der Waals surface area contributed by atoms with Crippen LogP contribution in [0.4, 0.5) is 5.13 Å². The summed E-state index contributed by atoms with van der Waals surface area (Å²) < 4.78 is 0. The minimum Gasteiger partial charge on any atom is -0.340 e. The molecule has 1 aromatic heterocycles. The molecule has 1 aliphatic heterocycles. The lowest BCUT2D eigenvalue weighted by Crippen LogP contribution is -2.43. The van der Waals surface area contributed by atoms with Crippen molar-refractivity contribution in [3.63, 3.8) is 0 Å². The molecule has 6 nitrogen and oxygen atoms in total. The lowest BCUT2D eigenvalue weighted by molar-refractivity contribution is -0.136. The number of anilines is 1. The second-order valence-corrected chi connectivity index (χ2v) is 8.33.